The second kappa shape index (κ2) is 3.18. The summed E-state index contributed by atoms with van der Waals surface area (Å²) in [7, 11) is 0. The first-order valence-corrected chi connectivity index (χ1v) is 4.11. The molecule has 0 radical (unpaired) electrons. The summed E-state index contributed by atoms with van der Waals surface area (Å²) in [6.07, 6.45) is 0. The minimum Gasteiger partial charge on any atom is -0.768 e. The summed E-state index contributed by atoms with van der Waals surface area (Å²) in [6.45, 7) is 0. The molecular weight excluding hydrogens is 168 g/mol. The van der Waals surface area contributed by atoms with Gasteiger partial charge in [0, 0.05) is 9.79 Å². The molecule has 0 aliphatic carbocycles. The van der Waals surface area contributed by atoms with Crippen LogP contribution < -0.4 is 0 Å². The summed E-state index contributed by atoms with van der Waals surface area (Å²) in [5.74, 6) is 0. The van der Waals surface area contributed by atoms with Crippen molar-refractivity contribution in [3.05, 3.63) is 24.3 Å². The highest BCUT2D eigenvalue weighted by Gasteiger charge is 1.94. The molecule has 0 heterocycles. The van der Waals surface area contributed by atoms with E-state index >= 15 is 0 Å². The van der Waals surface area contributed by atoms with Crippen LogP contribution in [-0.4, -0.2) is 8.76 Å². The number of hydrogen-bond acceptors (Lipinski definition) is 3. The van der Waals surface area contributed by atoms with Gasteiger partial charge in [-0.25, -0.2) is 0 Å². The molecule has 1 rings (SSSR count). The summed E-state index contributed by atoms with van der Waals surface area (Å²) in [6, 6.07) is 6.53. The van der Waals surface area contributed by atoms with Crippen LogP contribution >= 0.6 is 12.6 Å². The Hall–Kier alpha value is -0.320. The van der Waals surface area contributed by atoms with E-state index in [2.05, 4.69) is 12.6 Å². The average molecular weight is 173 g/mol. The van der Waals surface area contributed by atoms with Crippen LogP contribution in [0.25, 0.3) is 0 Å². The SMILES string of the molecule is O=S([O-])c1ccccc1S. The zero-order valence-electron chi connectivity index (χ0n) is 4.98. The van der Waals surface area contributed by atoms with Crippen molar-refractivity contribution < 1.29 is 8.76 Å². The number of thiol groups is 1. The highest BCUT2D eigenvalue weighted by molar-refractivity contribution is 7.83. The van der Waals surface area contributed by atoms with Gasteiger partial charge in [-0.15, -0.1) is 12.6 Å². The minimum atomic E-state index is -2.17. The van der Waals surface area contributed by atoms with E-state index in [1.54, 1.807) is 18.2 Å². The second-order valence-electron chi connectivity index (χ2n) is 1.70. The zero-order chi connectivity index (χ0) is 7.56. The Morgan fingerprint density at radius 1 is 1.40 bits per heavy atom. The normalized spacial score (nSPS) is 13.0. The van der Waals surface area contributed by atoms with Crippen LogP contribution in [0.1, 0.15) is 0 Å². The molecule has 1 aromatic carbocycles. The molecule has 0 spiro atoms. The molecule has 2 nitrogen and oxygen atoms in total. The zero-order valence-corrected chi connectivity index (χ0v) is 6.69. The van der Waals surface area contributed by atoms with Gasteiger partial charge >= 0.3 is 0 Å². The van der Waals surface area contributed by atoms with E-state index in [9.17, 15) is 8.76 Å². The molecule has 0 amide bonds. The summed E-state index contributed by atoms with van der Waals surface area (Å²) < 4.78 is 20.7. The summed E-state index contributed by atoms with van der Waals surface area (Å²) >= 11 is 1.78. The van der Waals surface area contributed by atoms with Crippen LogP contribution in [-0.2, 0) is 11.1 Å². The van der Waals surface area contributed by atoms with E-state index in [1.165, 1.54) is 6.07 Å². The minimum absolute atomic E-state index is 0.242. The van der Waals surface area contributed by atoms with Gasteiger partial charge in [-0.2, -0.15) is 0 Å². The highest BCUT2D eigenvalue weighted by Crippen LogP contribution is 2.14. The van der Waals surface area contributed by atoms with Gasteiger partial charge in [0.1, 0.15) is 0 Å². The van der Waals surface area contributed by atoms with Crippen molar-refractivity contribution >= 4 is 23.7 Å². The van der Waals surface area contributed by atoms with Gasteiger partial charge in [0.2, 0.25) is 0 Å². The summed E-state index contributed by atoms with van der Waals surface area (Å²) in [5, 5.41) is 0. The molecule has 1 unspecified atom stereocenters. The molecule has 0 fully saturated rings. The molecule has 0 bridgehead atoms. The first-order chi connectivity index (χ1) is 4.72. The predicted octanol–water partition coefficient (Wildman–Crippen LogP) is 1.21. The lowest BCUT2D eigenvalue weighted by Gasteiger charge is -2.05. The second-order valence-corrected chi connectivity index (χ2v) is 3.09. The van der Waals surface area contributed by atoms with Crippen molar-refractivity contribution in [1.82, 2.24) is 0 Å². The van der Waals surface area contributed by atoms with Crippen LogP contribution in [0.2, 0.25) is 0 Å². The van der Waals surface area contributed by atoms with Crippen molar-refractivity contribution in [3.8, 4) is 0 Å². The number of benzene rings is 1. The predicted molar refractivity (Wildman–Crippen MR) is 40.9 cm³/mol. The molecule has 0 saturated carbocycles. The summed E-state index contributed by atoms with van der Waals surface area (Å²) in [5.41, 5.74) is 0. The van der Waals surface area contributed by atoms with Crippen LogP contribution in [0.5, 0.6) is 0 Å². The molecule has 0 saturated heterocycles. The first kappa shape index (κ1) is 7.78. The third kappa shape index (κ3) is 1.59. The monoisotopic (exact) mass is 173 g/mol. The first-order valence-electron chi connectivity index (χ1n) is 2.59. The van der Waals surface area contributed by atoms with Crippen molar-refractivity contribution in [1.29, 1.82) is 0 Å². The molecule has 54 valence electrons. The molecule has 0 aliphatic heterocycles. The molecule has 0 aromatic heterocycles. The van der Waals surface area contributed by atoms with E-state index in [0.717, 1.165) is 0 Å². The van der Waals surface area contributed by atoms with Crippen molar-refractivity contribution in [2.75, 3.05) is 0 Å². The van der Waals surface area contributed by atoms with Gasteiger partial charge in [-0.1, -0.05) is 12.1 Å². The Balaban J connectivity index is 3.15. The maximum atomic E-state index is 10.4. The lowest BCUT2D eigenvalue weighted by Crippen LogP contribution is -1.88. The summed E-state index contributed by atoms with van der Waals surface area (Å²) in [4.78, 5) is 0.724. The van der Waals surface area contributed by atoms with Crippen LogP contribution in [0.4, 0.5) is 0 Å². The fraction of sp³-hybridized carbons (Fsp3) is 0. The number of rotatable bonds is 1. The van der Waals surface area contributed by atoms with E-state index < -0.39 is 11.1 Å². The van der Waals surface area contributed by atoms with Crippen LogP contribution in [0.15, 0.2) is 34.1 Å². The Morgan fingerprint density at radius 2 is 2.00 bits per heavy atom. The third-order valence-corrected chi connectivity index (χ3v) is 2.30. The lowest BCUT2D eigenvalue weighted by molar-refractivity contribution is 0.535. The topological polar surface area (TPSA) is 40.1 Å². The quantitative estimate of drug-likeness (QED) is 0.512. The molecule has 1 atom stereocenters. The maximum Gasteiger partial charge on any atom is 0.0382 e. The van der Waals surface area contributed by atoms with E-state index in [4.69, 9.17) is 0 Å². The molecule has 1 aromatic rings. The Morgan fingerprint density at radius 3 is 2.40 bits per heavy atom. The Labute approximate surface area is 67.0 Å². The Kier molecular flexibility index (Phi) is 2.48. The smallest absolute Gasteiger partial charge is 0.0382 e. The standard InChI is InChI=1S/C6H6O2S2/c7-10(8)6-4-2-1-3-5(6)9/h1-4,9H,(H,7,8)/p-1. The Bertz CT molecular complexity index is 260. The van der Waals surface area contributed by atoms with Crippen molar-refractivity contribution in [2.45, 2.75) is 9.79 Å². The molecular formula is C6H5O2S2-. The van der Waals surface area contributed by atoms with Gasteiger partial charge < -0.3 is 4.55 Å². The fourth-order valence-electron chi connectivity index (χ4n) is 0.598. The molecule has 0 N–H and O–H groups in total. The van der Waals surface area contributed by atoms with Gasteiger partial charge in [0.15, 0.2) is 0 Å². The van der Waals surface area contributed by atoms with Gasteiger partial charge in [0.05, 0.1) is 0 Å². The maximum absolute atomic E-state index is 10.4. The van der Waals surface area contributed by atoms with E-state index in [0.29, 0.717) is 4.90 Å². The highest BCUT2D eigenvalue weighted by atomic mass is 32.2. The van der Waals surface area contributed by atoms with Gasteiger partial charge in [0.25, 0.3) is 0 Å². The van der Waals surface area contributed by atoms with Crippen LogP contribution in [0.3, 0.4) is 0 Å². The van der Waals surface area contributed by atoms with Crippen molar-refractivity contribution in [3.63, 3.8) is 0 Å². The van der Waals surface area contributed by atoms with Gasteiger partial charge in [-0.3, -0.25) is 4.21 Å². The molecule has 10 heavy (non-hydrogen) atoms. The largest absolute Gasteiger partial charge is 0.768 e. The van der Waals surface area contributed by atoms with E-state index in [-0.39, 0.29) is 4.90 Å². The molecule has 4 heteroatoms. The van der Waals surface area contributed by atoms with E-state index in [1.807, 2.05) is 0 Å². The van der Waals surface area contributed by atoms with Gasteiger partial charge in [-0.05, 0) is 23.2 Å². The van der Waals surface area contributed by atoms with Crippen molar-refractivity contribution in [2.24, 2.45) is 0 Å². The fourth-order valence-corrected chi connectivity index (χ4v) is 1.41. The van der Waals surface area contributed by atoms with Crippen LogP contribution in [0, 0.1) is 0 Å². The molecule has 0 aliphatic rings. The number of hydrogen-bond donors (Lipinski definition) is 1. The average Bonchev–Trinajstić information content (AvgIpc) is 1.88. The third-order valence-electron chi connectivity index (χ3n) is 1.04. The lowest BCUT2D eigenvalue weighted by atomic mass is 10.4.